The molecule has 0 aliphatic heterocycles. The van der Waals surface area contributed by atoms with Crippen LogP contribution in [0.3, 0.4) is 0 Å². The van der Waals surface area contributed by atoms with Crippen LogP contribution in [0.1, 0.15) is 120 Å². The van der Waals surface area contributed by atoms with E-state index in [2.05, 4.69) is 27.7 Å². The summed E-state index contributed by atoms with van der Waals surface area (Å²) in [6, 6.07) is 36.2. The molecule has 8 heteroatoms. The van der Waals surface area contributed by atoms with Crippen LogP contribution in [0.5, 0.6) is 0 Å². The maximum absolute atomic E-state index is 11.3. The molecule has 0 aromatic heterocycles. The quantitative estimate of drug-likeness (QED) is 0.0642. The van der Waals surface area contributed by atoms with Gasteiger partial charge in [-0.15, -0.1) is 0 Å². The van der Waals surface area contributed by atoms with Crippen LogP contribution in [0, 0.1) is 0 Å². The highest BCUT2D eigenvalue weighted by atomic mass is 16.5. The molecule has 0 bridgehead atoms. The van der Waals surface area contributed by atoms with E-state index < -0.39 is 0 Å². The summed E-state index contributed by atoms with van der Waals surface area (Å²) in [7, 11) is 0. The second kappa shape index (κ2) is 30.6. The first-order valence-electron chi connectivity index (χ1n) is 18.3. The standard InChI is InChI=1S/4C11H14O2/c4*1-2-3-9-13-11(12)10-7-5-4-6-8-10/h4*4-8H,2-3,9H2,1H3. The summed E-state index contributed by atoms with van der Waals surface area (Å²) in [5, 5.41) is 0. The minimum atomic E-state index is -0.228. The SMILES string of the molecule is CCCCOC(=O)c1ccccc1.CCCCOC(=O)c1ccccc1.CCCCOC(=O)c1ccccc1.CCCCOC(=O)c1ccccc1. The summed E-state index contributed by atoms with van der Waals surface area (Å²) in [6.45, 7) is 10.3. The van der Waals surface area contributed by atoms with Crippen molar-refractivity contribution in [1.29, 1.82) is 0 Å². The Balaban J connectivity index is 0.000000347. The summed E-state index contributed by atoms with van der Waals surface area (Å²) in [6.07, 6.45) is 7.89. The third-order valence-corrected chi connectivity index (χ3v) is 6.96. The van der Waals surface area contributed by atoms with Crippen LogP contribution in [0.15, 0.2) is 121 Å². The van der Waals surface area contributed by atoms with E-state index in [9.17, 15) is 19.2 Å². The Labute approximate surface area is 310 Å². The monoisotopic (exact) mass is 712 g/mol. The van der Waals surface area contributed by atoms with Gasteiger partial charge in [0.2, 0.25) is 0 Å². The Bertz CT molecular complexity index is 1250. The number of rotatable bonds is 16. The molecule has 52 heavy (non-hydrogen) atoms. The smallest absolute Gasteiger partial charge is 0.338 e. The molecule has 0 saturated heterocycles. The van der Waals surface area contributed by atoms with Crippen molar-refractivity contribution in [2.24, 2.45) is 0 Å². The number of ether oxygens (including phenoxy) is 4. The Morgan fingerprint density at radius 2 is 0.500 bits per heavy atom. The molecule has 4 aromatic carbocycles. The van der Waals surface area contributed by atoms with Crippen molar-refractivity contribution in [2.45, 2.75) is 79.1 Å². The van der Waals surface area contributed by atoms with Crippen LogP contribution in [0.25, 0.3) is 0 Å². The van der Waals surface area contributed by atoms with Crippen molar-refractivity contribution in [3.63, 3.8) is 0 Å². The van der Waals surface area contributed by atoms with E-state index in [1.807, 2.05) is 72.8 Å². The van der Waals surface area contributed by atoms with E-state index in [0.717, 1.165) is 51.4 Å². The zero-order chi connectivity index (χ0) is 38.1. The van der Waals surface area contributed by atoms with Crippen molar-refractivity contribution in [3.8, 4) is 0 Å². The molecule has 0 N–H and O–H groups in total. The fraction of sp³-hybridized carbons (Fsp3) is 0.364. The minimum Gasteiger partial charge on any atom is -0.462 e. The van der Waals surface area contributed by atoms with E-state index in [1.54, 1.807) is 48.5 Å². The van der Waals surface area contributed by atoms with Crippen LogP contribution >= 0.6 is 0 Å². The van der Waals surface area contributed by atoms with Crippen LogP contribution in [0.2, 0.25) is 0 Å². The Kier molecular flexibility index (Phi) is 26.3. The second-order valence-electron chi connectivity index (χ2n) is 11.4. The van der Waals surface area contributed by atoms with E-state index in [-0.39, 0.29) is 23.9 Å². The number of carbonyl (C=O) groups excluding carboxylic acids is 4. The summed E-state index contributed by atoms with van der Waals surface area (Å²) in [5.41, 5.74) is 2.49. The highest BCUT2D eigenvalue weighted by Gasteiger charge is 2.06. The van der Waals surface area contributed by atoms with Crippen molar-refractivity contribution in [3.05, 3.63) is 144 Å². The molecular formula is C44H56O8. The predicted molar refractivity (Wildman–Crippen MR) is 207 cm³/mol. The Morgan fingerprint density at radius 3 is 0.654 bits per heavy atom. The number of unbranched alkanes of at least 4 members (excludes halogenated alkanes) is 4. The average molecular weight is 713 g/mol. The lowest BCUT2D eigenvalue weighted by Crippen LogP contribution is -2.05. The molecule has 0 unspecified atom stereocenters. The fourth-order valence-electron chi connectivity index (χ4n) is 3.87. The van der Waals surface area contributed by atoms with Crippen molar-refractivity contribution in [1.82, 2.24) is 0 Å². The number of hydrogen-bond acceptors (Lipinski definition) is 8. The molecule has 0 radical (unpaired) electrons. The van der Waals surface area contributed by atoms with Crippen molar-refractivity contribution >= 4 is 23.9 Å². The highest BCUT2D eigenvalue weighted by molar-refractivity contribution is 5.90. The normalized spacial score (nSPS) is 9.62. The summed E-state index contributed by atoms with van der Waals surface area (Å²) >= 11 is 0. The average Bonchev–Trinajstić information content (AvgIpc) is 3.20. The molecule has 0 aliphatic carbocycles. The van der Waals surface area contributed by atoms with Gasteiger partial charge in [0, 0.05) is 0 Å². The Morgan fingerprint density at radius 1 is 0.327 bits per heavy atom. The third-order valence-electron chi connectivity index (χ3n) is 6.96. The molecular weight excluding hydrogens is 656 g/mol. The lowest BCUT2D eigenvalue weighted by molar-refractivity contribution is 0.0490. The van der Waals surface area contributed by atoms with Gasteiger partial charge in [-0.25, -0.2) is 19.2 Å². The van der Waals surface area contributed by atoms with Gasteiger partial charge in [0.1, 0.15) is 0 Å². The first kappa shape index (κ1) is 44.8. The van der Waals surface area contributed by atoms with Crippen LogP contribution < -0.4 is 0 Å². The number of esters is 4. The van der Waals surface area contributed by atoms with Gasteiger partial charge < -0.3 is 18.9 Å². The number of hydrogen-bond donors (Lipinski definition) is 0. The minimum absolute atomic E-state index is 0.228. The van der Waals surface area contributed by atoms with E-state index in [0.29, 0.717) is 48.7 Å². The number of carbonyl (C=O) groups is 4. The maximum Gasteiger partial charge on any atom is 0.338 e. The van der Waals surface area contributed by atoms with Crippen LogP contribution in [0.4, 0.5) is 0 Å². The van der Waals surface area contributed by atoms with Gasteiger partial charge >= 0.3 is 23.9 Å². The van der Waals surface area contributed by atoms with Crippen LogP contribution in [-0.4, -0.2) is 50.3 Å². The van der Waals surface area contributed by atoms with Crippen molar-refractivity contribution in [2.75, 3.05) is 26.4 Å². The molecule has 0 fully saturated rings. The van der Waals surface area contributed by atoms with Gasteiger partial charge in [-0.1, -0.05) is 126 Å². The zero-order valence-electron chi connectivity index (χ0n) is 31.3. The van der Waals surface area contributed by atoms with Gasteiger partial charge in [-0.2, -0.15) is 0 Å². The van der Waals surface area contributed by atoms with Gasteiger partial charge in [-0.3, -0.25) is 0 Å². The summed E-state index contributed by atoms with van der Waals surface area (Å²) in [4.78, 5) is 45.2. The number of benzene rings is 4. The third kappa shape index (κ3) is 21.8. The molecule has 0 atom stereocenters. The molecule has 0 amide bonds. The maximum atomic E-state index is 11.3. The summed E-state index contributed by atoms with van der Waals surface area (Å²) < 4.78 is 20.1. The largest absolute Gasteiger partial charge is 0.462 e. The van der Waals surface area contributed by atoms with E-state index in [1.165, 1.54) is 0 Å². The first-order chi connectivity index (χ1) is 25.4. The second-order valence-corrected chi connectivity index (χ2v) is 11.4. The van der Waals surface area contributed by atoms with Crippen molar-refractivity contribution < 1.29 is 38.1 Å². The Hall–Kier alpha value is -5.24. The van der Waals surface area contributed by atoms with E-state index in [4.69, 9.17) is 18.9 Å². The molecule has 0 heterocycles. The van der Waals surface area contributed by atoms with Crippen LogP contribution in [-0.2, 0) is 18.9 Å². The molecule has 8 nitrogen and oxygen atoms in total. The van der Waals surface area contributed by atoms with Gasteiger partial charge in [0.05, 0.1) is 48.7 Å². The van der Waals surface area contributed by atoms with Gasteiger partial charge in [-0.05, 0) is 74.2 Å². The zero-order valence-corrected chi connectivity index (χ0v) is 31.3. The summed E-state index contributed by atoms with van der Waals surface area (Å²) in [5.74, 6) is -0.911. The lowest BCUT2D eigenvalue weighted by atomic mass is 10.2. The molecule has 4 rings (SSSR count). The molecule has 0 spiro atoms. The van der Waals surface area contributed by atoms with Gasteiger partial charge in [0.15, 0.2) is 0 Å². The molecule has 0 saturated carbocycles. The topological polar surface area (TPSA) is 105 Å². The van der Waals surface area contributed by atoms with E-state index >= 15 is 0 Å². The fourth-order valence-corrected chi connectivity index (χ4v) is 3.87. The highest BCUT2D eigenvalue weighted by Crippen LogP contribution is 2.05. The molecule has 280 valence electrons. The van der Waals surface area contributed by atoms with Gasteiger partial charge in [0.25, 0.3) is 0 Å². The first-order valence-corrected chi connectivity index (χ1v) is 18.3. The predicted octanol–water partition coefficient (Wildman–Crippen LogP) is 10.6. The molecule has 4 aromatic rings. The lowest BCUT2D eigenvalue weighted by Gasteiger charge is -2.02. The molecule has 0 aliphatic rings.